The van der Waals surface area contributed by atoms with Gasteiger partial charge in [-0.2, -0.15) is 5.10 Å². The number of amides is 2. The largest absolute Gasteiger partial charge is 0.361 e. The third-order valence-corrected chi connectivity index (χ3v) is 4.70. The molecule has 0 radical (unpaired) electrons. The van der Waals surface area contributed by atoms with Crippen molar-refractivity contribution in [3.8, 4) is 0 Å². The van der Waals surface area contributed by atoms with Crippen molar-refractivity contribution in [3.63, 3.8) is 0 Å². The van der Waals surface area contributed by atoms with Crippen LogP contribution in [0.3, 0.4) is 0 Å². The smallest absolute Gasteiger partial charge is 0.315 e. The minimum Gasteiger partial charge on any atom is -0.361 e. The lowest BCUT2D eigenvalue weighted by atomic mass is 10.0. The van der Waals surface area contributed by atoms with E-state index in [0.717, 1.165) is 53.2 Å². The first-order chi connectivity index (χ1) is 11.8. The van der Waals surface area contributed by atoms with E-state index in [1.54, 1.807) is 0 Å². The quantitative estimate of drug-likeness (QED) is 0.754. The Morgan fingerprint density at radius 3 is 2.48 bits per heavy atom. The molecule has 7 nitrogen and oxygen atoms in total. The highest BCUT2D eigenvalue weighted by atomic mass is 16.5. The monoisotopic (exact) mass is 347 g/mol. The van der Waals surface area contributed by atoms with Gasteiger partial charge in [0.25, 0.3) is 0 Å². The molecule has 2 amide bonds. The van der Waals surface area contributed by atoms with Crippen LogP contribution < -0.4 is 10.6 Å². The fourth-order valence-corrected chi connectivity index (χ4v) is 3.21. The molecule has 0 saturated heterocycles. The fraction of sp³-hybridized carbons (Fsp3) is 0.611. The summed E-state index contributed by atoms with van der Waals surface area (Å²) in [5.41, 5.74) is 5.22. The molecule has 2 rings (SSSR count). The third-order valence-electron chi connectivity index (χ3n) is 4.70. The molecule has 0 aliphatic carbocycles. The van der Waals surface area contributed by atoms with Gasteiger partial charge in [-0.25, -0.2) is 4.79 Å². The van der Waals surface area contributed by atoms with Gasteiger partial charge in [-0.15, -0.1) is 0 Å². The van der Waals surface area contributed by atoms with Crippen LogP contribution in [0.25, 0.3) is 0 Å². The molecular formula is C18H29N5O2. The predicted octanol–water partition coefficient (Wildman–Crippen LogP) is 3.02. The van der Waals surface area contributed by atoms with Crippen molar-refractivity contribution in [3.05, 3.63) is 34.0 Å². The number of aryl methyl sites for hydroxylation is 4. The summed E-state index contributed by atoms with van der Waals surface area (Å²) in [5.74, 6) is 0.857. The van der Waals surface area contributed by atoms with Crippen LogP contribution in [0.2, 0.25) is 0 Å². The molecule has 0 bridgehead atoms. The van der Waals surface area contributed by atoms with Crippen LogP contribution in [0.1, 0.15) is 59.8 Å². The number of nitrogens with zero attached hydrogens (tertiary/aromatic N) is 3. The first-order valence-electron chi connectivity index (χ1n) is 8.81. The van der Waals surface area contributed by atoms with Crippen LogP contribution in [-0.4, -0.2) is 27.5 Å². The van der Waals surface area contributed by atoms with E-state index >= 15 is 0 Å². The standard InChI is InChI=1S/C18H29N5O2/c1-7-16(17-12(3)21-23(6)13(17)4)20-18(24)19-10-8-9-15-11(2)22-25-14(15)5/h16H,7-10H2,1-6H3,(H2,19,20,24). The zero-order chi connectivity index (χ0) is 18.6. The Morgan fingerprint density at radius 2 is 1.96 bits per heavy atom. The van der Waals surface area contributed by atoms with Gasteiger partial charge in [-0.1, -0.05) is 12.1 Å². The summed E-state index contributed by atoms with van der Waals surface area (Å²) >= 11 is 0. The third kappa shape index (κ3) is 4.41. The molecule has 0 spiro atoms. The number of urea groups is 1. The zero-order valence-corrected chi connectivity index (χ0v) is 16.1. The van der Waals surface area contributed by atoms with E-state index in [0.29, 0.717) is 6.54 Å². The highest BCUT2D eigenvalue weighted by molar-refractivity contribution is 5.74. The van der Waals surface area contributed by atoms with E-state index in [4.69, 9.17) is 4.52 Å². The van der Waals surface area contributed by atoms with Gasteiger partial charge in [0, 0.05) is 30.4 Å². The average Bonchev–Trinajstić information content (AvgIpc) is 3.01. The first-order valence-corrected chi connectivity index (χ1v) is 8.81. The van der Waals surface area contributed by atoms with E-state index in [1.165, 1.54) is 0 Å². The Kier molecular flexibility index (Phi) is 6.22. The second-order valence-corrected chi connectivity index (χ2v) is 6.48. The lowest BCUT2D eigenvalue weighted by Gasteiger charge is -2.18. The Morgan fingerprint density at radius 1 is 1.24 bits per heavy atom. The maximum absolute atomic E-state index is 12.2. The summed E-state index contributed by atoms with van der Waals surface area (Å²) in [7, 11) is 1.92. The normalized spacial score (nSPS) is 12.2. The number of carbonyl (C=O) groups is 1. The van der Waals surface area contributed by atoms with Crippen molar-refractivity contribution in [1.29, 1.82) is 0 Å². The molecule has 1 atom stereocenters. The van der Waals surface area contributed by atoms with Crippen LogP contribution in [0.4, 0.5) is 4.79 Å². The van der Waals surface area contributed by atoms with Crippen LogP contribution in [0.5, 0.6) is 0 Å². The molecule has 2 aromatic heterocycles. The summed E-state index contributed by atoms with van der Waals surface area (Å²) in [6.07, 6.45) is 2.51. The van der Waals surface area contributed by atoms with Gasteiger partial charge in [-0.3, -0.25) is 4.68 Å². The number of hydrogen-bond donors (Lipinski definition) is 2. The van der Waals surface area contributed by atoms with Gasteiger partial charge >= 0.3 is 6.03 Å². The van der Waals surface area contributed by atoms with Crippen LogP contribution in [0.15, 0.2) is 4.52 Å². The second kappa shape index (κ2) is 8.18. The molecule has 2 N–H and O–H groups in total. The summed E-state index contributed by atoms with van der Waals surface area (Å²) in [4.78, 5) is 12.2. The van der Waals surface area contributed by atoms with Crippen molar-refractivity contribution < 1.29 is 9.32 Å². The maximum atomic E-state index is 12.2. The molecule has 2 heterocycles. The van der Waals surface area contributed by atoms with Crippen molar-refractivity contribution in [2.24, 2.45) is 7.05 Å². The second-order valence-electron chi connectivity index (χ2n) is 6.48. The molecule has 2 aromatic rings. The minimum absolute atomic E-state index is 0.0312. The first kappa shape index (κ1) is 19.0. The van der Waals surface area contributed by atoms with Crippen molar-refractivity contribution in [2.75, 3.05) is 6.54 Å². The van der Waals surface area contributed by atoms with Gasteiger partial charge in [0.15, 0.2) is 0 Å². The average molecular weight is 347 g/mol. The van der Waals surface area contributed by atoms with Gasteiger partial charge < -0.3 is 15.2 Å². The highest BCUT2D eigenvalue weighted by Crippen LogP contribution is 2.23. The van der Waals surface area contributed by atoms with Gasteiger partial charge in [0.05, 0.1) is 17.4 Å². The SMILES string of the molecule is CCC(NC(=O)NCCCc1c(C)noc1C)c1c(C)nn(C)c1C. The van der Waals surface area contributed by atoms with Crippen LogP contribution in [-0.2, 0) is 13.5 Å². The van der Waals surface area contributed by atoms with Gasteiger partial charge in [0.2, 0.25) is 0 Å². The van der Waals surface area contributed by atoms with Crippen LogP contribution >= 0.6 is 0 Å². The van der Waals surface area contributed by atoms with Crippen molar-refractivity contribution in [1.82, 2.24) is 25.6 Å². The molecule has 138 valence electrons. The topological polar surface area (TPSA) is 85.0 Å². The highest BCUT2D eigenvalue weighted by Gasteiger charge is 2.20. The number of rotatable bonds is 7. The minimum atomic E-state index is -0.145. The lowest BCUT2D eigenvalue weighted by Crippen LogP contribution is -2.38. The Bertz CT molecular complexity index is 713. The zero-order valence-electron chi connectivity index (χ0n) is 16.1. The summed E-state index contributed by atoms with van der Waals surface area (Å²) in [5, 5.41) is 14.4. The summed E-state index contributed by atoms with van der Waals surface area (Å²) in [6, 6.07) is -0.176. The van der Waals surface area contributed by atoms with Crippen molar-refractivity contribution in [2.45, 2.75) is 59.9 Å². The van der Waals surface area contributed by atoms with Crippen molar-refractivity contribution >= 4 is 6.03 Å². The Hall–Kier alpha value is -2.31. The van der Waals surface area contributed by atoms with E-state index < -0.39 is 0 Å². The summed E-state index contributed by atoms with van der Waals surface area (Å²) < 4.78 is 7.01. The molecule has 1 unspecified atom stereocenters. The number of aromatic nitrogens is 3. The number of nitrogens with one attached hydrogen (secondary N) is 2. The molecule has 0 aromatic carbocycles. The Labute approximate surface area is 149 Å². The predicted molar refractivity (Wildman–Crippen MR) is 96.5 cm³/mol. The molecular weight excluding hydrogens is 318 g/mol. The number of hydrogen-bond acceptors (Lipinski definition) is 4. The van der Waals surface area contributed by atoms with Gasteiger partial charge in [0.1, 0.15) is 5.76 Å². The maximum Gasteiger partial charge on any atom is 0.315 e. The van der Waals surface area contributed by atoms with E-state index in [9.17, 15) is 4.79 Å². The molecule has 0 aliphatic rings. The van der Waals surface area contributed by atoms with Gasteiger partial charge in [-0.05, 0) is 47.0 Å². The van der Waals surface area contributed by atoms with E-state index in [1.807, 2.05) is 39.4 Å². The molecule has 7 heteroatoms. The molecule has 0 saturated carbocycles. The summed E-state index contributed by atoms with van der Waals surface area (Å²) in [6.45, 7) is 10.5. The number of carbonyl (C=O) groups excluding carboxylic acids is 1. The fourth-order valence-electron chi connectivity index (χ4n) is 3.21. The molecule has 25 heavy (non-hydrogen) atoms. The van der Waals surface area contributed by atoms with E-state index in [2.05, 4.69) is 27.8 Å². The Balaban J connectivity index is 1.84. The van der Waals surface area contributed by atoms with E-state index in [-0.39, 0.29) is 12.1 Å². The lowest BCUT2D eigenvalue weighted by molar-refractivity contribution is 0.236. The molecule has 0 aliphatic heterocycles. The van der Waals surface area contributed by atoms with Crippen LogP contribution in [0, 0.1) is 27.7 Å². The molecule has 0 fully saturated rings.